The Morgan fingerprint density at radius 3 is 2.60 bits per heavy atom. The summed E-state index contributed by atoms with van der Waals surface area (Å²) in [4.78, 5) is 0. The maximum Gasteiger partial charge on any atom is 0.173 e. The monoisotopic (exact) mass is 281 g/mol. The zero-order valence-corrected chi connectivity index (χ0v) is 12.4. The van der Waals surface area contributed by atoms with Crippen molar-refractivity contribution in [1.29, 1.82) is 0 Å². The van der Waals surface area contributed by atoms with E-state index in [1.807, 2.05) is 0 Å². The molecule has 0 aliphatic heterocycles. The minimum absolute atomic E-state index is 0.127. The Morgan fingerprint density at radius 2 is 2.05 bits per heavy atom. The Hall–Kier alpha value is -1.62. The first-order valence-corrected chi connectivity index (χ1v) is 7.03. The van der Waals surface area contributed by atoms with Crippen molar-refractivity contribution in [3.8, 4) is 0 Å². The molecule has 0 aliphatic rings. The largest absolute Gasteiger partial charge is 0.409 e. The van der Waals surface area contributed by atoms with Crippen LogP contribution < -0.4 is 11.1 Å². The number of hydrogen-bond acceptors (Lipinski definition) is 3. The molecule has 5 heteroatoms. The van der Waals surface area contributed by atoms with Gasteiger partial charge in [0.2, 0.25) is 0 Å². The second-order valence-corrected chi connectivity index (χ2v) is 5.01. The number of rotatable bonds is 7. The summed E-state index contributed by atoms with van der Waals surface area (Å²) in [5.74, 6) is -0.0743. The average molecular weight is 281 g/mol. The molecule has 1 rings (SSSR count). The van der Waals surface area contributed by atoms with Crippen LogP contribution in [0.4, 0.5) is 4.39 Å². The van der Waals surface area contributed by atoms with Crippen LogP contribution in [0.15, 0.2) is 23.4 Å². The van der Waals surface area contributed by atoms with E-state index >= 15 is 0 Å². The highest BCUT2D eigenvalue weighted by Crippen LogP contribution is 2.16. The van der Waals surface area contributed by atoms with Crippen LogP contribution in [0.1, 0.15) is 44.7 Å². The minimum atomic E-state index is -0.438. The summed E-state index contributed by atoms with van der Waals surface area (Å²) in [6.07, 6.45) is 2.19. The van der Waals surface area contributed by atoms with Gasteiger partial charge in [0.05, 0.1) is 5.56 Å². The molecule has 0 bridgehead atoms. The van der Waals surface area contributed by atoms with E-state index in [0.29, 0.717) is 24.1 Å². The van der Waals surface area contributed by atoms with Gasteiger partial charge in [-0.3, -0.25) is 0 Å². The number of amidine groups is 1. The van der Waals surface area contributed by atoms with Gasteiger partial charge in [-0.05, 0) is 18.9 Å². The first-order chi connectivity index (χ1) is 9.54. The zero-order chi connectivity index (χ0) is 15.1. The zero-order valence-electron chi connectivity index (χ0n) is 12.4. The lowest BCUT2D eigenvalue weighted by Gasteiger charge is -2.22. The van der Waals surface area contributed by atoms with Crippen LogP contribution in [-0.4, -0.2) is 17.1 Å². The van der Waals surface area contributed by atoms with Crippen LogP contribution in [0.2, 0.25) is 0 Å². The van der Waals surface area contributed by atoms with Gasteiger partial charge in [0.15, 0.2) is 5.84 Å². The van der Waals surface area contributed by atoms with Crippen molar-refractivity contribution in [3.63, 3.8) is 0 Å². The van der Waals surface area contributed by atoms with Crippen molar-refractivity contribution in [2.75, 3.05) is 0 Å². The summed E-state index contributed by atoms with van der Waals surface area (Å²) in [6.45, 7) is 6.86. The van der Waals surface area contributed by atoms with Gasteiger partial charge in [-0.2, -0.15) is 0 Å². The van der Waals surface area contributed by atoms with Crippen molar-refractivity contribution in [2.24, 2.45) is 16.8 Å². The van der Waals surface area contributed by atoms with Gasteiger partial charge in [0.1, 0.15) is 5.82 Å². The molecule has 20 heavy (non-hydrogen) atoms. The fraction of sp³-hybridized carbons (Fsp3) is 0.533. The summed E-state index contributed by atoms with van der Waals surface area (Å²) in [6, 6.07) is 5.22. The van der Waals surface area contributed by atoms with E-state index in [4.69, 9.17) is 10.9 Å². The molecule has 0 aliphatic carbocycles. The quantitative estimate of drug-likeness (QED) is 0.311. The van der Waals surface area contributed by atoms with Crippen molar-refractivity contribution >= 4 is 5.84 Å². The Balaban J connectivity index is 2.79. The van der Waals surface area contributed by atoms with Gasteiger partial charge < -0.3 is 16.3 Å². The summed E-state index contributed by atoms with van der Waals surface area (Å²) in [7, 11) is 0. The van der Waals surface area contributed by atoms with Gasteiger partial charge >= 0.3 is 0 Å². The van der Waals surface area contributed by atoms with Crippen molar-refractivity contribution in [2.45, 2.75) is 46.2 Å². The van der Waals surface area contributed by atoms with E-state index in [-0.39, 0.29) is 11.4 Å². The van der Waals surface area contributed by atoms with Crippen LogP contribution in [0.3, 0.4) is 0 Å². The lowest BCUT2D eigenvalue weighted by atomic mass is 9.95. The van der Waals surface area contributed by atoms with Crippen molar-refractivity contribution in [3.05, 3.63) is 35.1 Å². The van der Waals surface area contributed by atoms with E-state index in [9.17, 15) is 4.39 Å². The first-order valence-electron chi connectivity index (χ1n) is 7.03. The normalized spacial score (nSPS) is 13.8. The Kier molecular flexibility index (Phi) is 6.45. The molecule has 0 amide bonds. The summed E-state index contributed by atoms with van der Waals surface area (Å²) in [5.41, 5.74) is 6.10. The second kappa shape index (κ2) is 7.85. The SMILES string of the molecule is CCC(CC)C(C)NCc1cccc(/C(N)=N/O)c1F. The van der Waals surface area contributed by atoms with Gasteiger partial charge in [-0.1, -0.05) is 44.0 Å². The van der Waals surface area contributed by atoms with E-state index in [2.05, 4.69) is 31.2 Å². The molecule has 1 aromatic rings. The first kappa shape index (κ1) is 16.4. The molecule has 4 N–H and O–H groups in total. The molecular formula is C15H24FN3O. The topological polar surface area (TPSA) is 70.6 Å². The van der Waals surface area contributed by atoms with Gasteiger partial charge in [0.25, 0.3) is 0 Å². The summed E-state index contributed by atoms with van der Waals surface area (Å²) in [5, 5.41) is 14.8. The van der Waals surface area contributed by atoms with Gasteiger partial charge in [-0.15, -0.1) is 0 Å². The molecule has 0 saturated carbocycles. The smallest absolute Gasteiger partial charge is 0.173 e. The highest BCUT2D eigenvalue weighted by molar-refractivity contribution is 5.97. The molecule has 112 valence electrons. The molecule has 0 heterocycles. The van der Waals surface area contributed by atoms with E-state index < -0.39 is 5.82 Å². The third-order valence-corrected chi connectivity index (χ3v) is 3.83. The number of nitrogens with zero attached hydrogens (tertiary/aromatic N) is 1. The lowest BCUT2D eigenvalue weighted by Crippen LogP contribution is -2.33. The average Bonchev–Trinajstić information content (AvgIpc) is 2.46. The van der Waals surface area contributed by atoms with E-state index in [0.717, 1.165) is 12.8 Å². The number of halogens is 1. The molecule has 1 aromatic carbocycles. The third-order valence-electron chi connectivity index (χ3n) is 3.83. The molecule has 1 atom stereocenters. The van der Waals surface area contributed by atoms with Crippen LogP contribution in [-0.2, 0) is 6.54 Å². The summed E-state index contributed by atoms with van der Waals surface area (Å²) >= 11 is 0. The van der Waals surface area contributed by atoms with Crippen LogP contribution in [0, 0.1) is 11.7 Å². The minimum Gasteiger partial charge on any atom is -0.409 e. The van der Waals surface area contributed by atoms with Gasteiger partial charge in [0, 0.05) is 18.2 Å². The molecule has 0 fully saturated rings. The van der Waals surface area contributed by atoms with Crippen molar-refractivity contribution < 1.29 is 9.60 Å². The fourth-order valence-electron chi connectivity index (χ4n) is 2.40. The number of oxime groups is 1. The fourth-order valence-corrected chi connectivity index (χ4v) is 2.40. The molecule has 4 nitrogen and oxygen atoms in total. The lowest BCUT2D eigenvalue weighted by molar-refractivity contribution is 0.318. The standard InChI is InChI=1S/C15H24FN3O/c1-4-11(5-2)10(3)18-9-12-7-6-8-13(14(12)16)15(17)19-20/h6-8,10-11,18,20H,4-5,9H2,1-3H3,(H2,17,19). The predicted molar refractivity (Wildman–Crippen MR) is 79.3 cm³/mol. The number of nitrogens with one attached hydrogen (secondary N) is 1. The Labute approximate surface area is 119 Å². The van der Waals surface area contributed by atoms with Crippen LogP contribution in [0.5, 0.6) is 0 Å². The van der Waals surface area contributed by atoms with Crippen LogP contribution >= 0.6 is 0 Å². The highest BCUT2D eigenvalue weighted by Gasteiger charge is 2.15. The molecule has 0 radical (unpaired) electrons. The molecule has 0 spiro atoms. The molecule has 0 aromatic heterocycles. The number of hydrogen-bond donors (Lipinski definition) is 3. The predicted octanol–water partition coefficient (Wildman–Crippen LogP) is 2.83. The maximum absolute atomic E-state index is 14.2. The van der Waals surface area contributed by atoms with E-state index in [1.165, 1.54) is 6.07 Å². The molecule has 1 unspecified atom stereocenters. The molecule has 0 saturated heterocycles. The third kappa shape index (κ3) is 3.93. The second-order valence-electron chi connectivity index (χ2n) is 5.01. The van der Waals surface area contributed by atoms with Crippen molar-refractivity contribution in [1.82, 2.24) is 5.32 Å². The maximum atomic E-state index is 14.2. The number of nitrogens with two attached hydrogens (primary N) is 1. The number of benzene rings is 1. The van der Waals surface area contributed by atoms with E-state index in [1.54, 1.807) is 12.1 Å². The summed E-state index contributed by atoms with van der Waals surface area (Å²) < 4.78 is 14.2. The van der Waals surface area contributed by atoms with Gasteiger partial charge in [-0.25, -0.2) is 4.39 Å². The Bertz CT molecular complexity index is 458. The molecular weight excluding hydrogens is 257 g/mol. The Morgan fingerprint density at radius 1 is 1.40 bits per heavy atom. The highest BCUT2D eigenvalue weighted by atomic mass is 19.1. The van der Waals surface area contributed by atoms with Crippen LogP contribution in [0.25, 0.3) is 0 Å².